The van der Waals surface area contributed by atoms with Crippen LogP contribution in [-0.4, -0.2) is 26.5 Å². The van der Waals surface area contributed by atoms with E-state index in [1.165, 1.54) is 6.26 Å². The molecule has 0 saturated heterocycles. The standard InChI is InChI=1S/C10H19NO3S/c1-3-10(11-15(2,13)14)8-4-6-9(12)7-5-8/h8,10-11H,3-7H2,1-2H3. The summed E-state index contributed by atoms with van der Waals surface area (Å²) in [5.74, 6) is 0.628. The minimum atomic E-state index is -3.13. The van der Waals surface area contributed by atoms with E-state index in [1.54, 1.807) is 0 Å². The molecule has 4 nitrogen and oxygen atoms in total. The number of sulfonamides is 1. The van der Waals surface area contributed by atoms with Gasteiger partial charge < -0.3 is 0 Å². The molecule has 0 aliphatic heterocycles. The highest BCUT2D eigenvalue weighted by atomic mass is 32.2. The Morgan fingerprint density at radius 1 is 1.40 bits per heavy atom. The summed E-state index contributed by atoms with van der Waals surface area (Å²) < 4.78 is 24.9. The minimum Gasteiger partial charge on any atom is -0.300 e. The van der Waals surface area contributed by atoms with E-state index in [0.717, 1.165) is 19.3 Å². The van der Waals surface area contributed by atoms with Crippen molar-refractivity contribution < 1.29 is 13.2 Å². The molecular weight excluding hydrogens is 214 g/mol. The molecule has 0 aromatic heterocycles. The van der Waals surface area contributed by atoms with Gasteiger partial charge in [-0.1, -0.05) is 6.92 Å². The number of hydrogen-bond acceptors (Lipinski definition) is 3. The molecule has 1 fully saturated rings. The van der Waals surface area contributed by atoms with Gasteiger partial charge in [0, 0.05) is 18.9 Å². The third kappa shape index (κ3) is 4.30. The number of Topliss-reactive ketones (excluding diaryl/α,β-unsaturated/α-hetero) is 1. The summed E-state index contributed by atoms with van der Waals surface area (Å²) in [6, 6.07) is -0.00639. The summed E-state index contributed by atoms with van der Waals surface area (Å²) in [6.45, 7) is 1.97. The lowest BCUT2D eigenvalue weighted by Crippen LogP contribution is -2.40. The topological polar surface area (TPSA) is 63.2 Å². The van der Waals surface area contributed by atoms with Crippen LogP contribution in [0, 0.1) is 5.92 Å². The van der Waals surface area contributed by atoms with Gasteiger partial charge in [0.25, 0.3) is 0 Å². The molecule has 1 atom stereocenters. The fraction of sp³-hybridized carbons (Fsp3) is 0.900. The predicted octanol–water partition coefficient (Wildman–Crippen LogP) is 1.07. The second kappa shape index (κ2) is 5.07. The Morgan fingerprint density at radius 3 is 2.33 bits per heavy atom. The van der Waals surface area contributed by atoms with Gasteiger partial charge in [0.1, 0.15) is 5.78 Å². The van der Waals surface area contributed by atoms with Crippen LogP contribution in [0.2, 0.25) is 0 Å². The zero-order valence-electron chi connectivity index (χ0n) is 9.32. The Kier molecular flexibility index (Phi) is 4.28. The van der Waals surface area contributed by atoms with Crippen molar-refractivity contribution in [2.24, 2.45) is 5.92 Å². The molecule has 0 heterocycles. The van der Waals surface area contributed by atoms with Crippen LogP contribution in [0.15, 0.2) is 0 Å². The summed E-state index contributed by atoms with van der Waals surface area (Å²) in [6.07, 6.45) is 4.81. The smallest absolute Gasteiger partial charge is 0.208 e. The first-order chi connectivity index (χ1) is 6.92. The van der Waals surface area contributed by atoms with Gasteiger partial charge in [-0.2, -0.15) is 0 Å². The molecule has 1 unspecified atom stereocenters. The molecule has 1 saturated carbocycles. The molecule has 1 rings (SSSR count). The molecule has 0 aromatic rings. The average Bonchev–Trinajstić information content (AvgIpc) is 2.14. The van der Waals surface area contributed by atoms with E-state index in [9.17, 15) is 13.2 Å². The Hall–Kier alpha value is -0.420. The van der Waals surface area contributed by atoms with Gasteiger partial charge in [0.05, 0.1) is 6.26 Å². The van der Waals surface area contributed by atoms with Crippen molar-refractivity contribution in [3.05, 3.63) is 0 Å². The van der Waals surface area contributed by atoms with Gasteiger partial charge >= 0.3 is 0 Å². The number of nitrogens with one attached hydrogen (secondary N) is 1. The lowest BCUT2D eigenvalue weighted by Gasteiger charge is -2.29. The maximum Gasteiger partial charge on any atom is 0.208 e. The van der Waals surface area contributed by atoms with Crippen molar-refractivity contribution in [2.45, 2.75) is 45.1 Å². The third-order valence-corrected chi connectivity index (χ3v) is 3.69. The molecule has 5 heteroatoms. The quantitative estimate of drug-likeness (QED) is 0.790. The molecule has 0 bridgehead atoms. The summed E-state index contributed by atoms with van der Waals surface area (Å²) >= 11 is 0. The first kappa shape index (κ1) is 12.6. The third-order valence-electron chi connectivity index (χ3n) is 2.96. The number of ketones is 1. The Morgan fingerprint density at radius 2 is 1.93 bits per heavy atom. The lowest BCUT2D eigenvalue weighted by molar-refractivity contribution is -0.121. The van der Waals surface area contributed by atoms with Crippen LogP contribution < -0.4 is 4.72 Å². The number of carbonyl (C=O) groups excluding carboxylic acids is 1. The predicted molar refractivity (Wildman–Crippen MR) is 59.0 cm³/mol. The van der Waals surface area contributed by atoms with Crippen molar-refractivity contribution in [3.8, 4) is 0 Å². The van der Waals surface area contributed by atoms with E-state index in [1.807, 2.05) is 6.92 Å². The van der Waals surface area contributed by atoms with E-state index in [2.05, 4.69) is 4.72 Å². The molecule has 0 aromatic carbocycles. The highest BCUT2D eigenvalue weighted by Gasteiger charge is 2.27. The maximum absolute atomic E-state index is 11.1. The molecule has 1 aliphatic carbocycles. The van der Waals surface area contributed by atoms with Crippen molar-refractivity contribution in [1.82, 2.24) is 4.72 Å². The van der Waals surface area contributed by atoms with E-state index in [-0.39, 0.29) is 6.04 Å². The van der Waals surface area contributed by atoms with Crippen LogP contribution in [0.4, 0.5) is 0 Å². The van der Waals surface area contributed by atoms with Crippen LogP contribution in [-0.2, 0) is 14.8 Å². The summed E-state index contributed by atoms with van der Waals surface area (Å²) in [5.41, 5.74) is 0. The average molecular weight is 233 g/mol. The van der Waals surface area contributed by atoms with E-state index in [4.69, 9.17) is 0 Å². The molecule has 15 heavy (non-hydrogen) atoms. The number of rotatable bonds is 4. The second-order valence-electron chi connectivity index (χ2n) is 4.28. The van der Waals surface area contributed by atoms with Crippen molar-refractivity contribution >= 4 is 15.8 Å². The SMILES string of the molecule is CCC(NS(C)(=O)=O)C1CCC(=O)CC1. The Bertz CT molecular complexity index is 314. The first-order valence-corrected chi connectivity index (χ1v) is 7.30. The van der Waals surface area contributed by atoms with E-state index in [0.29, 0.717) is 24.5 Å². The molecular formula is C10H19NO3S. The van der Waals surface area contributed by atoms with Crippen LogP contribution in [0.1, 0.15) is 39.0 Å². The first-order valence-electron chi connectivity index (χ1n) is 5.41. The van der Waals surface area contributed by atoms with Gasteiger partial charge in [-0.05, 0) is 25.2 Å². The summed E-state index contributed by atoms with van der Waals surface area (Å²) in [4.78, 5) is 11.1. The highest BCUT2D eigenvalue weighted by molar-refractivity contribution is 7.88. The van der Waals surface area contributed by atoms with Gasteiger partial charge in [-0.15, -0.1) is 0 Å². The van der Waals surface area contributed by atoms with Crippen LogP contribution in [0.5, 0.6) is 0 Å². The Labute approximate surface area is 91.5 Å². The zero-order valence-corrected chi connectivity index (χ0v) is 10.1. The second-order valence-corrected chi connectivity index (χ2v) is 6.06. The fourth-order valence-corrected chi connectivity index (χ4v) is 3.06. The van der Waals surface area contributed by atoms with Crippen molar-refractivity contribution in [3.63, 3.8) is 0 Å². The normalized spacial score (nSPS) is 21.6. The molecule has 1 N–H and O–H groups in total. The largest absolute Gasteiger partial charge is 0.300 e. The lowest BCUT2D eigenvalue weighted by atomic mass is 9.83. The summed E-state index contributed by atoms with van der Waals surface area (Å²) in [5, 5.41) is 0. The molecule has 88 valence electrons. The van der Waals surface area contributed by atoms with Crippen LogP contribution >= 0.6 is 0 Å². The maximum atomic E-state index is 11.1. The fourth-order valence-electron chi connectivity index (χ4n) is 2.15. The monoisotopic (exact) mass is 233 g/mol. The minimum absolute atomic E-state index is 0.00639. The zero-order chi connectivity index (χ0) is 11.5. The van der Waals surface area contributed by atoms with Gasteiger partial charge in [-0.3, -0.25) is 4.79 Å². The van der Waals surface area contributed by atoms with E-state index < -0.39 is 10.0 Å². The molecule has 0 amide bonds. The van der Waals surface area contributed by atoms with Crippen LogP contribution in [0.3, 0.4) is 0 Å². The van der Waals surface area contributed by atoms with Crippen molar-refractivity contribution in [1.29, 1.82) is 0 Å². The summed E-state index contributed by atoms with van der Waals surface area (Å²) in [7, 11) is -3.13. The van der Waals surface area contributed by atoms with Crippen LogP contribution in [0.25, 0.3) is 0 Å². The number of carbonyl (C=O) groups is 1. The van der Waals surface area contributed by atoms with Gasteiger partial charge in [-0.25, -0.2) is 13.1 Å². The van der Waals surface area contributed by atoms with Crippen molar-refractivity contribution in [2.75, 3.05) is 6.26 Å². The Balaban J connectivity index is 2.55. The molecule has 1 aliphatic rings. The molecule has 0 radical (unpaired) electrons. The van der Waals surface area contributed by atoms with Gasteiger partial charge in [0.15, 0.2) is 0 Å². The number of hydrogen-bond donors (Lipinski definition) is 1. The highest BCUT2D eigenvalue weighted by Crippen LogP contribution is 2.26. The van der Waals surface area contributed by atoms with Gasteiger partial charge in [0.2, 0.25) is 10.0 Å². The van der Waals surface area contributed by atoms with E-state index >= 15 is 0 Å². The molecule has 0 spiro atoms.